The number of H-pyrrole nitrogens is 1. The molecule has 2 saturated carbocycles. The Morgan fingerprint density at radius 1 is 1.00 bits per heavy atom. The van der Waals surface area contributed by atoms with Gasteiger partial charge in [0.05, 0.1) is 12.7 Å². The van der Waals surface area contributed by atoms with E-state index >= 15 is 0 Å². The number of aromatic amines is 1. The summed E-state index contributed by atoms with van der Waals surface area (Å²) in [6.45, 7) is 3.62. The van der Waals surface area contributed by atoms with E-state index in [0.717, 1.165) is 35.9 Å². The molecule has 3 aliphatic rings. The first kappa shape index (κ1) is 19.6. The third kappa shape index (κ3) is 3.75. The second kappa shape index (κ2) is 8.41. The molecule has 158 valence electrons. The summed E-state index contributed by atoms with van der Waals surface area (Å²) in [5.41, 5.74) is 3.48. The standard InChI is InChI=1S/C25H36N2O2/c28-16-17-8-9-19-18(14-26-24(19)13-17)5-3-4-11-27-12-10-21-20-6-1-2-7-22(20)25(29)23(21)15-27/h8-9,13-14,20-23,25-26,28-29H,1-7,10-12,15-16H2. The van der Waals surface area contributed by atoms with E-state index in [9.17, 15) is 10.2 Å². The SMILES string of the molecule is OCc1ccc2c(CCCCN3CCC4C(C3)C(O)C3CCCCC34)c[nH]c2c1. The van der Waals surface area contributed by atoms with Gasteiger partial charge in [0, 0.05) is 29.6 Å². The first-order valence-corrected chi connectivity index (χ1v) is 11.8. The molecule has 1 aromatic carbocycles. The van der Waals surface area contributed by atoms with Crippen LogP contribution in [0.1, 0.15) is 56.1 Å². The zero-order valence-corrected chi connectivity index (χ0v) is 17.5. The van der Waals surface area contributed by atoms with Gasteiger partial charge in [0.1, 0.15) is 0 Å². The van der Waals surface area contributed by atoms with Crippen LogP contribution < -0.4 is 0 Å². The highest BCUT2D eigenvalue weighted by Gasteiger charge is 2.51. The van der Waals surface area contributed by atoms with Crippen LogP contribution in [0.2, 0.25) is 0 Å². The van der Waals surface area contributed by atoms with Gasteiger partial charge in [-0.15, -0.1) is 0 Å². The number of aliphatic hydroxyl groups excluding tert-OH is 2. The van der Waals surface area contributed by atoms with Crippen LogP contribution in [0.15, 0.2) is 24.4 Å². The van der Waals surface area contributed by atoms with Crippen LogP contribution in [0.25, 0.3) is 10.9 Å². The van der Waals surface area contributed by atoms with Crippen LogP contribution in [0.4, 0.5) is 0 Å². The number of nitrogens with one attached hydrogen (secondary N) is 1. The van der Waals surface area contributed by atoms with E-state index in [1.165, 1.54) is 69.0 Å². The Morgan fingerprint density at radius 2 is 1.83 bits per heavy atom. The van der Waals surface area contributed by atoms with Crippen molar-refractivity contribution in [3.05, 3.63) is 35.5 Å². The Balaban J connectivity index is 1.12. The van der Waals surface area contributed by atoms with Gasteiger partial charge in [0.25, 0.3) is 0 Å². The summed E-state index contributed by atoms with van der Waals surface area (Å²) in [5.74, 6) is 2.75. The van der Waals surface area contributed by atoms with Crippen molar-refractivity contribution >= 4 is 10.9 Å². The van der Waals surface area contributed by atoms with Crippen LogP contribution in [0, 0.1) is 23.7 Å². The number of nitrogens with zero attached hydrogens (tertiary/aromatic N) is 1. The second-order valence-electron chi connectivity index (χ2n) is 9.83. The summed E-state index contributed by atoms with van der Waals surface area (Å²) >= 11 is 0. The smallest absolute Gasteiger partial charge is 0.0682 e. The number of aliphatic hydroxyl groups is 2. The van der Waals surface area contributed by atoms with Gasteiger partial charge < -0.3 is 20.1 Å². The molecule has 0 amide bonds. The first-order valence-electron chi connectivity index (χ1n) is 11.8. The van der Waals surface area contributed by atoms with Crippen molar-refractivity contribution in [1.29, 1.82) is 0 Å². The average Bonchev–Trinajstić information content (AvgIpc) is 3.30. The van der Waals surface area contributed by atoms with E-state index in [0.29, 0.717) is 11.8 Å². The van der Waals surface area contributed by atoms with Gasteiger partial charge in [-0.1, -0.05) is 25.0 Å². The van der Waals surface area contributed by atoms with E-state index < -0.39 is 0 Å². The number of unbranched alkanes of at least 4 members (excludes halogenated alkanes) is 1. The number of likely N-dealkylation sites (tertiary alicyclic amines) is 1. The van der Waals surface area contributed by atoms with Crippen LogP contribution in [-0.4, -0.2) is 45.8 Å². The lowest BCUT2D eigenvalue weighted by Crippen LogP contribution is -2.43. The van der Waals surface area contributed by atoms with Gasteiger partial charge in [0.2, 0.25) is 0 Å². The van der Waals surface area contributed by atoms with Crippen molar-refractivity contribution in [1.82, 2.24) is 9.88 Å². The van der Waals surface area contributed by atoms with E-state index in [1.54, 1.807) is 0 Å². The minimum Gasteiger partial charge on any atom is -0.392 e. The van der Waals surface area contributed by atoms with Gasteiger partial charge >= 0.3 is 0 Å². The van der Waals surface area contributed by atoms with E-state index in [4.69, 9.17) is 0 Å². The van der Waals surface area contributed by atoms with Crippen LogP contribution in [0.5, 0.6) is 0 Å². The minimum absolute atomic E-state index is 0.0388. The number of hydrogen-bond acceptors (Lipinski definition) is 3. The minimum atomic E-state index is -0.0388. The summed E-state index contributed by atoms with van der Waals surface area (Å²) in [7, 11) is 0. The highest BCUT2D eigenvalue weighted by atomic mass is 16.3. The second-order valence-corrected chi connectivity index (χ2v) is 9.83. The zero-order valence-electron chi connectivity index (χ0n) is 17.5. The monoisotopic (exact) mass is 396 g/mol. The number of rotatable bonds is 6. The number of aromatic nitrogens is 1. The van der Waals surface area contributed by atoms with Gasteiger partial charge in [0.15, 0.2) is 0 Å². The third-order valence-electron chi connectivity index (χ3n) is 8.28. The quantitative estimate of drug-likeness (QED) is 0.644. The summed E-state index contributed by atoms with van der Waals surface area (Å²) < 4.78 is 0. The van der Waals surface area contributed by atoms with Gasteiger partial charge in [-0.25, -0.2) is 0 Å². The summed E-state index contributed by atoms with van der Waals surface area (Å²) in [4.78, 5) is 5.99. The maximum atomic E-state index is 10.9. The van der Waals surface area contributed by atoms with E-state index in [1.807, 2.05) is 12.1 Å². The predicted octanol–water partition coefficient (Wildman–Crippen LogP) is 4.10. The molecule has 2 aliphatic carbocycles. The number of fused-ring (bicyclic) bond motifs is 4. The van der Waals surface area contributed by atoms with Crippen molar-refractivity contribution in [3.8, 4) is 0 Å². The lowest BCUT2D eigenvalue weighted by atomic mass is 9.75. The van der Waals surface area contributed by atoms with Gasteiger partial charge in [-0.05, 0) is 86.6 Å². The summed E-state index contributed by atoms with van der Waals surface area (Å²) in [6, 6.07) is 6.21. The van der Waals surface area contributed by atoms with Crippen molar-refractivity contribution in [2.45, 2.75) is 64.1 Å². The highest BCUT2D eigenvalue weighted by Crippen LogP contribution is 2.52. The molecular weight excluding hydrogens is 360 g/mol. The van der Waals surface area contributed by atoms with Crippen LogP contribution in [0.3, 0.4) is 0 Å². The van der Waals surface area contributed by atoms with Crippen molar-refractivity contribution < 1.29 is 10.2 Å². The van der Waals surface area contributed by atoms with E-state index in [-0.39, 0.29) is 12.7 Å². The maximum Gasteiger partial charge on any atom is 0.0682 e. The molecule has 4 nitrogen and oxygen atoms in total. The Morgan fingerprint density at radius 3 is 2.69 bits per heavy atom. The van der Waals surface area contributed by atoms with Crippen LogP contribution >= 0.6 is 0 Å². The first-order chi connectivity index (χ1) is 14.2. The van der Waals surface area contributed by atoms with E-state index in [2.05, 4.69) is 22.1 Å². The van der Waals surface area contributed by atoms with Gasteiger partial charge in [-0.2, -0.15) is 0 Å². The molecular formula is C25H36N2O2. The number of aryl methyl sites for hydroxylation is 1. The summed E-state index contributed by atoms with van der Waals surface area (Å²) in [6.07, 6.45) is 12.3. The molecule has 4 heteroatoms. The molecule has 2 heterocycles. The topological polar surface area (TPSA) is 59.5 Å². The fraction of sp³-hybridized carbons (Fsp3) is 0.680. The van der Waals surface area contributed by atoms with Crippen molar-refractivity contribution in [3.63, 3.8) is 0 Å². The van der Waals surface area contributed by atoms with Crippen LogP contribution in [-0.2, 0) is 13.0 Å². The molecule has 29 heavy (non-hydrogen) atoms. The molecule has 0 radical (unpaired) electrons. The molecule has 5 rings (SSSR count). The Hall–Kier alpha value is -1.36. The molecule has 5 unspecified atom stereocenters. The molecule has 5 atom stereocenters. The lowest BCUT2D eigenvalue weighted by molar-refractivity contribution is 0.0364. The Kier molecular flexibility index (Phi) is 5.68. The molecule has 1 saturated heterocycles. The van der Waals surface area contributed by atoms with Crippen molar-refractivity contribution in [2.24, 2.45) is 23.7 Å². The molecule has 0 bridgehead atoms. The average molecular weight is 397 g/mol. The predicted molar refractivity (Wildman–Crippen MR) is 117 cm³/mol. The molecule has 0 spiro atoms. The number of hydrogen-bond donors (Lipinski definition) is 3. The molecule has 1 aromatic heterocycles. The Labute approximate surface area is 174 Å². The fourth-order valence-corrected chi connectivity index (χ4v) is 6.82. The molecule has 3 N–H and O–H groups in total. The number of benzene rings is 1. The normalized spacial score (nSPS) is 32.4. The van der Waals surface area contributed by atoms with Gasteiger partial charge in [-0.3, -0.25) is 0 Å². The summed E-state index contributed by atoms with van der Waals surface area (Å²) in [5, 5.41) is 21.5. The largest absolute Gasteiger partial charge is 0.392 e. The van der Waals surface area contributed by atoms with Crippen molar-refractivity contribution in [2.75, 3.05) is 19.6 Å². The molecule has 1 aliphatic heterocycles. The number of piperidine rings is 1. The lowest BCUT2D eigenvalue weighted by Gasteiger charge is -2.38. The molecule has 2 aromatic rings. The fourth-order valence-electron chi connectivity index (χ4n) is 6.82. The maximum absolute atomic E-state index is 10.9. The zero-order chi connectivity index (χ0) is 19.8. The third-order valence-corrected chi connectivity index (χ3v) is 8.28. The highest BCUT2D eigenvalue weighted by molar-refractivity contribution is 5.83. The molecule has 3 fully saturated rings. The Bertz CT molecular complexity index is 831.